The zero-order valence-electron chi connectivity index (χ0n) is 10.2. The van der Waals surface area contributed by atoms with Crippen LogP contribution in [0.1, 0.15) is 15.9 Å². The number of hydrogen-bond acceptors (Lipinski definition) is 3. The molecular formula is C14H9BrClN3O. The molecule has 0 aliphatic heterocycles. The van der Waals surface area contributed by atoms with Gasteiger partial charge in [0.25, 0.3) is 5.91 Å². The summed E-state index contributed by atoms with van der Waals surface area (Å²) in [5.74, 6) is -0.337. The Labute approximate surface area is 129 Å². The summed E-state index contributed by atoms with van der Waals surface area (Å²) in [6.45, 7) is 0. The minimum absolute atomic E-state index is 0.286. The maximum atomic E-state index is 12.1. The Hall–Kier alpha value is -2.03. The number of nitrogens with two attached hydrogens (primary N) is 1. The Morgan fingerprint density at radius 1 is 1.30 bits per heavy atom. The van der Waals surface area contributed by atoms with Gasteiger partial charge in [0.2, 0.25) is 0 Å². The first-order valence-electron chi connectivity index (χ1n) is 5.57. The van der Waals surface area contributed by atoms with Crippen LogP contribution in [0.2, 0.25) is 5.02 Å². The highest BCUT2D eigenvalue weighted by atomic mass is 79.9. The van der Waals surface area contributed by atoms with E-state index < -0.39 is 0 Å². The Kier molecular flexibility index (Phi) is 4.28. The molecule has 2 aromatic rings. The lowest BCUT2D eigenvalue weighted by Gasteiger charge is -2.08. The minimum Gasteiger partial charge on any atom is -0.398 e. The van der Waals surface area contributed by atoms with Crippen molar-refractivity contribution < 1.29 is 4.79 Å². The topological polar surface area (TPSA) is 78.9 Å². The van der Waals surface area contributed by atoms with Crippen molar-refractivity contribution in [2.24, 2.45) is 0 Å². The van der Waals surface area contributed by atoms with Gasteiger partial charge in [-0.25, -0.2) is 0 Å². The molecule has 0 saturated heterocycles. The van der Waals surface area contributed by atoms with Gasteiger partial charge in [-0.15, -0.1) is 0 Å². The molecule has 0 unspecified atom stereocenters. The van der Waals surface area contributed by atoms with Gasteiger partial charge in [-0.2, -0.15) is 5.26 Å². The highest BCUT2D eigenvalue weighted by molar-refractivity contribution is 9.10. The average Bonchev–Trinajstić information content (AvgIpc) is 2.38. The quantitative estimate of drug-likeness (QED) is 0.808. The molecule has 0 spiro atoms. The molecular weight excluding hydrogens is 342 g/mol. The van der Waals surface area contributed by atoms with Crippen molar-refractivity contribution in [2.45, 2.75) is 0 Å². The van der Waals surface area contributed by atoms with Crippen LogP contribution in [0.15, 0.2) is 40.9 Å². The number of nitrogens with zero attached hydrogens (tertiary/aromatic N) is 1. The van der Waals surface area contributed by atoms with E-state index in [1.54, 1.807) is 30.3 Å². The summed E-state index contributed by atoms with van der Waals surface area (Å²) in [4.78, 5) is 12.1. The van der Waals surface area contributed by atoms with E-state index in [0.29, 0.717) is 22.5 Å². The van der Waals surface area contributed by atoms with E-state index in [4.69, 9.17) is 22.6 Å². The van der Waals surface area contributed by atoms with E-state index in [-0.39, 0.29) is 10.9 Å². The number of nitrogen functional groups attached to an aromatic ring is 1. The lowest BCUT2D eigenvalue weighted by Crippen LogP contribution is -2.14. The molecule has 0 saturated carbocycles. The highest BCUT2D eigenvalue weighted by Gasteiger charge is 2.11. The number of carbonyl (C=O) groups excluding carboxylic acids is 1. The van der Waals surface area contributed by atoms with E-state index in [9.17, 15) is 4.79 Å². The number of nitriles is 1. The summed E-state index contributed by atoms with van der Waals surface area (Å²) < 4.78 is 0.799. The van der Waals surface area contributed by atoms with Crippen LogP contribution >= 0.6 is 27.5 Å². The van der Waals surface area contributed by atoms with Crippen molar-refractivity contribution >= 4 is 44.8 Å². The second-order valence-corrected chi connectivity index (χ2v) is 5.32. The van der Waals surface area contributed by atoms with E-state index >= 15 is 0 Å². The molecule has 0 aliphatic rings. The van der Waals surface area contributed by atoms with Gasteiger partial charge in [-0.1, -0.05) is 27.5 Å². The minimum atomic E-state index is -0.337. The summed E-state index contributed by atoms with van der Waals surface area (Å²) >= 11 is 9.18. The summed E-state index contributed by atoms with van der Waals surface area (Å²) in [5.41, 5.74) is 7.39. The molecule has 1 amide bonds. The predicted octanol–water partition coefficient (Wildman–Crippen LogP) is 3.81. The summed E-state index contributed by atoms with van der Waals surface area (Å²) in [6.07, 6.45) is 0. The molecule has 20 heavy (non-hydrogen) atoms. The third-order valence-corrected chi connectivity index (χ3v) is 3.41. The lowest BCUT2D eigenvalue weighted by atomic mass is 10.1. The number of amides is 1. The van der Waals surface area contributed by atoms with Gasteiger partial charge < -0.3 is 11.1 Å². The molecule has 0 fully saturated rings. The van der Waals surface area contributed by atoms with Crippen LogP contribution in [0.5, 0.6) is 0 Å². The predicted molar refractivity (Wildman–Crippen MR) is 82.7 cm³/mol. The Bertz CT molecular complexity index is 725. The summed E-state index contributed by atoms with van der Waals surface area (Å²) in [7, 11) is 0. The first kappa shape index (κ1) is 14.4. The Morgan fingerprint density at radius 3 is 2.65 bits per heavy atom. The fourth-order valence-electron chi connectivity index (χ4n) is 1.62. The largest absolute Gasteiger partial charge is 0.398 e. The number of anilines is 2. The van der Waals surface area contributed by atoms with Crippen molar-refractivity contribution in [3.05, 3.63) is 57.0 Å². The maximum Gasteiger partial charge on any atom is 0.257 e. The molecule has 4 nitrogen and oxygen atoms in total. The number of carbonyl (C=O) groups is 1. The van der Waals surface area contributed by atoms with E-state index in [0.717, 1.165) is 4.47 Å². The number of benzene rings is 2. The van der Waals surface area contributed by atoms with Gasteiger partial charge in [0.05, 0.1) is 16.1 Å². The van der Waals surface area contributed by atoms with Crippen LogP contribution in [-0.4, -0.2) is 5.91 Å². The molecule has 100 valence electrons. The monoisotopic (exact) mass is 349 g/mol. The molecule has 6 heteroatoms. The fraction of sp³-hybridized carbons (Fsp3) is 0. The Morgan fingerprint density at radius 2 is 2.05 bits per heavy atom. The van der Waals surface area contributed by atoms with Crippen molar-refractivity contribution in [2.75, 3.05) is 11.1 Å². The first-order valence-corrected chi connectivity index (χ1v) is 6.74. The van der Waals surface area contributed by atoms with Crippen LogP contribution in [0, 0.1) is 11.3 Å². The number of nitrogens with one attached hydrogen (secondary N) is 1. The second-order valence-electron chi connectivity index (χ2n) is 3.99. The van der Waals surface area contributed by atoms with Crippen molar-refractivity contribution in [3.8, 4) is 6.07 Å². The fourth-order valence-corrected chi connectivity index (χ4v) is 2.22. The van der Waals surface area contributed by atoms with Crippen molar-refractivity contribution in [3.63, 3.8) is 0 Å². The zero-order valence-corrected chi connectivity index (χ0v) is 12.5. The molecule has 3 N–H and O–H groups in total. The van der Waals surface area contributed by atoms with E-state index in [1.165, 1.54) is 6.07 Å². The van der Waals surface area contributed by atoms with Crippen LogP contribution in [0.4, 0.5) is 11.4 Å². The van der Waals surface area contributed by atoms with Crippen LogP contribution in [0.3, 0.4) is 0 Å². The molecule has 0 aliphatic carbocycles. The van der Waals surface area contributed by atoms with Crippen LogP contribution in [0.25, 0.3) is 0 Å². The third kappa shape index (κ3) is 3.10. The van der Waals surface area contributed by atoms with Gasteiger partial charge in [-0.05, 0) is 36.4 Å². The number of hydrogen-bond donors (Lipinski definition) is 2. The molecule has 0 aromatic heterocycles. The average molecular weight is 351 g/mol. The molecule has 0 bridgehead atoms. The molecule has 0 atom stereocenters. The molecule has 0 heterocycles. The number of rotatable bonds is 2. The SMILES string of the molecule is N#Cc1ccc(NC(=O)c2ccc(Br)cc2N)cc1Cl. The first-order chi connectivity index (χ1) is 9.51. The number of halogens is 2. The van der Waals surface area contributed by atoms with Crippen molar-refractivity contribution in [1.29, 1.82) is 5.26 Å². The van der Waals surface area contributed by atoms with Gasteiger partial charge >= 0.3 is 0 Å². The highest BCUT2D eigenvalue weighted by Crippen LogP contribution is 2.23. The van der Waals surface area contributed by atoms with Gasteiger partial charge in [0, 0.05) is 15.8 Å². The van der Waals surface area contributed by atoms with Crippen LogP contribution in [-0.2, 0) is 0 Å². The molecule has 0 radical (unpaired) electrons. The zero-order chi connectivity index (χ0) is 14.7. The van der Waals surface area contributed by atoms with Crippen molar-refractivity contribution in [1.82, 2.24) is 0 Å². The smallest absolute Gasteiger partial charge is 0.257 e. The van der Waals surface area contributed by atoms with E-state index in [1.807, 2.05) is 6.07 Å². The molecule has 2 aromatic carbocycles. The van der Waals surface area contributed by atoms with E-state index in [2.05, 4.69) is 21.2 Å². The van der Waals surface area contributed by atoms with Crippen LogP contribution < -0.4 is 11.1 Å². The summed E-state index contributed by atoms with van der Waals surface area (Å²) in [6, 6.07) is 11.6. The standard InChI is InChI=1S/C14H9BrClN3O/c15-9-2-4-11(13(18)5-9)14(20)19-10-3-1-8(7-17)12(16)6-10/h1-6H,18H2,(H,19,20). The Balaban J connectivity index is 2.24. The van der Waals surface area contributed by atoms with Gasteiger partial charge in [-0.3, -0.25) is 4.79 Å². The van der Waals surface area contributed by atoms with Gasteiger partial charge in [0.1, 0.15) is 6.07 Å². The molecule has 2 rings (SSSR count). The third-order valence-electron chi connectivity index (χ3n) is 2.61. The normalized spacial score (nSPS) is 9.85. The lowest BCUT2D eigenvalue weighted by molar-refractivity contribution is 0.102. The van der Waals surface area contributed by atoms with Gasteiger partial charge in [0.15, 0.2) is 0 Å². The summed E-state index contributed by atoms with van der Waals surface area (Å²) in [5, 5.41) is 11.8. The maximum absolute atomic E-state index is 12.1. The second kappa shape index (κ2) is 5.95.